The molecule has 2 aromatic rings. The minimum absolute atomic E-state index is 0.168. The molecule has 1 heterocycles. The van der Waals surface area contributed by atoms with Crippen LogP contribution in [0.25, 0.3) is 0 Å². The monoisotopic (exact) mass is 268 g/mol. The summed E-state index contributed by atoms with van der Waals surface area (Å²) < 4.78 is 24.3. The van der Waals surface area contributed by atoms with E-state index in [1.807, 2.05) is 0 Å². The SMILES string of the molecule is Cc1nc(S(=O)(=O)c2ccccc2)ncc1Cl. The lowest BCUT2D eigenvalue weighted by Crippen LogP contribution is -2.07. The van der Waals surface area contributed by atoms with Crippen molar-refractivity contribution in [2.75, 3.05) is 0 Å². The third-order valence-corrected chi connectivity index (χ3v) is 4.13. The maximum absolute atomic E-state index is 12.1. The fraction of sp³-hybridized carbons (Fsp3) is 0.0909. The Morgan fingerprint density at radius 3 is 2.41 bits per heavy atom. The highest BCUT2D eigenvalue weighted by atomic mass is 35.5. The van der Waals surface area contributed by atoms with Crippen molar-refractivity contribution >= 4 is 21.4 Å². The number of hydrogen-bond acceptors (Lipinski definition) is 4. The topological polar surface area (TPSA) is 59.9 Å². The molecule has 0 aliphatic carbocycles. The Bertz CT molecular complexity index is 642. The third-order valence-electron chi connectivity index (χ3n) is 2.19. The van der Waals surface area contributed by atoms with Crippen molar-refractivity contribution < 1.29 is 8.42 Å². The number of rotatable bonds is 2. The van der Waals surface area contributed by atoms with Gasteiger partial charge in [0.05, 0.1) is 21.8 Å². The molecule has 88 valence electrons. The second-order valence-corrected chi connectivity index (χ2v) is 5.65. The van der Waals surface area contributed by atoms with Gasteiger partial charge in [-0.15, -0.1) is 0 Å². The largest absolute Gasteiger partial charge is 0.252 e. The van der Waals surface area contributed by atoms with Gasteiger partial charge in [-0.1, -0.05) is 29.8 Å². The minimum atomic E-state index is -3.66. The first-order valence-electron chi connectivity index (χ1n) is 4.81. The molecule has 0 N–H and O–H groups in total. The smallest absolute Gasteiger partial charge is 0.225 e. The maximum Gasteiger partial charge on any atom is 0.252 e. The van der Waals surface area contributed by atoms with Crippen molar-refractivity contribution in [1.29, 1.82) is 0 Å². The summed E-state index contributed by atoms with van der Waals surface area (Å²) in [6, 6.07) is 8.05. The lowest BCUT2D eigenvalue weighted by Gasteiger charge is -2.04. The van der Waals surface area contributed by atoms with Crippen LogP contribution in [0, 0.1) is 6.92 Å². The van der Waals surface area contributed by atoms with E-state index in [1.54, 1.807) is 25.1 Å². The molecule has 0 atom stereocenters. The molecular weight excluding hydrogens is 260 g/mol. The summed E-state index contributed by atoms with van der Waals surface area (Å²) in [5, 5.41) is 0.114. The van der Waals surface area contributed by atoms with E-state index in [1.165, 1.54) is 18.3 Å². The van der Waals surface area contributed by atoms with E-state index < -0.39 is 9.84 Å². The fourth-order valence-corrected chi connectivity index (χ4v) is 2.53. The Kier molecular flexibility index (Phi) is 3.13. The molecule has 0 spiro atoms. The van der Waals surface area contributed by atoms with Crippen molar-refractivity contribution in [3.8, 4) is 0 Å². The molecule has 0 fully saturated rings. The first-order chi connectivity index (χ1) is 8.01. The maximum atomic E-state index is 12.1. The Morgan fingerprint density at radius 2 is 1.82 bits per heavy atom. The van der Waals surface area contributed by atoms with Crippen LogP contribution in [-0.4, -0.2) is 18.4 Å². The number of halogens is 1. The molecule has 0 aliphatic rings. The Hall–Kier alpha value is -1.46. The van der Waals surface area contributed by atoms with Crippen molar-refractivity contribution in [2.24, 2.45) is 0 Å². The molecule has 1 aromatic heterocycles. The number of hydrogen-bond donors (Lipinski definition) is 0. The Labute approximate surface area is 104 Å². The summed E-state index contributed by atoms with van der Waals surface area (Å²) in [6.07, 6.45) is 1.29. The van der Waals surface area contributed by atoms with Crippen LogP contribution < -0.4 is 0 Å². The van der Waals surface area contributed by atoms with E-state index in [0.29, 0.717) is 10.7 Å². The van der Waals surface area contributed by atoms with Gasteiger partial charge in [-0.2, -0.15) is 0 Å². The predicted octanol–water partition coefficient (Wildman–Crippen LogP) is 2.27. The van der Waals surface area contributed by atoms with Crippen molar-refractivity contribution in [1.82, 2.24) is 9.97 Å². The summed E-state index contributed by atoms with van der Waals surface area (Å²) in [7, 11) is -3.66. The van der Waals surface area contributed by atoms with Crippen LogP contribution in [0.4, 0.5) is 0 Å². The highest BCUT2D eigenvalue weighted by Gasteiger charge is 2.21. The number of aromatic nitrogens is 2. The average Bonchev–Trinajstić information content (AvgIpc) is 2.33. The molecule has 6 heteroatoms. The van der Waals surface area contributed by atoms with Crippen molar-refractivity contribution in [3.05, 3.63) is 47.2 Å². The van der Waals surface area contributed by atoms with E-state index in [2.05, 4.69) is 9.97 Å². The molecule has 0 unspecified atom stereocenters. The van der Waals surface area contributed by atoms with Crippen LogP contribution in [0.1, 0.15) is 5.69 Å². The quantitative estimate of drug-likeness (QED) is 0.784. The van der Waals surface area contributed by atoms with E-state index in [9.17, 15) is 8.42 Å². The van der Waals surface area contributed by atoms with Crippen LogP contribution in [0.3, 0.4) is 0 Å². The number of benzene rings is 1. The molecule has 0 saturated carbocycles. The summed E-state index contributed by atoms with van der Waals surface area (Å²) >= 11 is 5.76. The second kappa shape index (κ2) is 4.43. The van der Waals surface area contributed by atoms with Gasteiger partial charge < -0.3 is 0 Å². The molecule has 1 aromatic carbocycles. The lowest BCUT2D eigenvalue weighted by molar-refractivity contribution is 0.586. The molecule has 0 radical (unpaired) electrons. The molecule has 0 aliphatic heterocycles. The Morgan fingerprint density at radius 1 is 1.18 bits per heavy atom. The zero-order valence-electron chi connectivity index (χ0n) is 8.96. The van der Waals surface area contributed by atoms with Crippen molar-refractivity contribution in [3.63, 3.8) is 0 Å². The predicted molar refractivity (Wildman–Crippen MR) is 63.7 cm³/mol. The fourth-order valence-electron chi connectivity index (χ4n) is 1.27. The van der Waals surface area contributed by atoms with Gasteiger partial charge in [0, 0.05) is 0 Å². The number of nitrogens with zero attached hydrogens (tertiary/aromatic N) is 2. The summed E-state index contributed by atoms with van der Waals surface area (Å²) in [4.78, 5) is 7.81. The molecule has 0 amide bonds. The zero-order valence-corrected chi connectivity index (χ0v) is 10.5. The van der Waals surface area contributed by atoms with Crippen molar-refractivity contribution in [2.45, 2.75) is 17.0 Å². The van der Waals surface area contributed by atoms with Crippen LogP contribution in [0.5, 0.6) is 0 Å². The average molecular weight is 269 g/mol. The van der Waals surface area contributed by atoms with E-state index in [4.69, 9.17) is 11.6 Å². The van der Waals surface area contributed by atoms with E-state index >= 15 is 0 Å². The molecule has 17 heavy (non-hydrogen) atoms. The molecule has 4 nitrogen and oxygen atoms in total. The van der Waals surface area contributed by atoms with Crippen LogP contribution >= 0.6 is 11.6 Å². The zero-order chi connectivity index (χ0) is 12.5. The Balaban J connectivity index is 2.57. The van der Waals surface area contributed by atoms with Crippen LogP contribution in [0.2, 0.25) is 5.02 Å². The van der Waals surface area contributed by atoms with Gasteiger partial charge in [0.1, 0.15) is 0 Å². The van der Waals surface area contributed by atoms with Gasteiger partial charge in [-0.3, -0.25) is 0 Å². The highest BCUT2D eigenvalue weighted by molar-refractivity contribution is 7.91. The summed E-state index contributed by atoms with van der Waals surface area (Å²) in [5.74, 6) is 0. The molecule has 2 rings (SSSR count). The van der Waals surface area contributed by atoms with Gasteiger partial charge in [0.15, 0.2) is 0 Å². The summed E-state index contributed by atoms with van der Waals surface area (Å²) in [6.45, 7) is 1.63. The minimum Gasteiger partial charge on any atom is -0.225 e. The lowest BCUT2D eigenvalue weighted by atomic mass is 10.4. The van der Waals surface area contributed by atoms with Crippen LogP contribution in [-0.2, 0) is 9.84 Å². The van der Waals surface area contributed by atoms with Gasteiger partial charge in [-0.05, 0) is 19.1 Å². The van der Waals surface area contributed by atoms with Gasteiger partial charge >= 0.3 is 0 Å². The standard InChI is InChI=1S/C11H9ClN2O2S/c1-8-10(12)7-13-11(14-8)17(15,16)9-5-3-2-4-6-9/h2-7H,1H3. The molecular formula is C11H9ClN2O2S. The van der Waals surface area contributed by atoms with Crippen LogP contribution in [0.15, 0.2) is 46.6 Å². The normalized spacial score (nSPS) is 11.4. The second-order valence-electron chi connectivity index (χ2n) is 3.40. The number of aryl methyl sites for hydroxylation is 1. The third kappa shape index (κ3) is 2.30. The summed E-state index contributed by atoms with van der Waals surface area (Å²) in [5.41, 5.74) is 0.441. The van der Waals surface area contributed by atoms with Gasteiger partial charge in [0.2, 0.25) is 9.84 Å². The van der Waals surface area contributed by atoms with Gasteiger partial charge in [-0.25, -0.2) is 18.4 Å². The van der Waals surface area contributed by atoms with E-state index in [-0.39, 0.29) is 10.1 Å². The molecule has 0 bridgehead atoms. The first-order valence-corrected chi connectivity index (χ1v) is 6.67. The van der Waals surface area contributed by atoms with Gasteiger partial charge in [0.25, 0.3) is 5.16 Å². The van der Waals surface area contributed by atoms with E-state index in [0.717, 1.165) is 0 Å². The molecule has 0 saturated heterocycles. The first kappa shape index (κ1) is 12.0. The highest BCUT2D eigenvalue weighted by Crippen LogP contribution is 2.19. The number of sulfone groups is 1.